The maximum Gasteiger partial charge on any atom is 0.326 e. The minimum absolute atomic E-state index is 0.189. The van der Waals surface area contributed by atoms with E-state index in [-0.39, 0.29) is 6.10 Å². The van der Waals surface area contributed by atoms with Crippen molar-refractivity contribution in [3.63, 3.8) is 0 Å². The summed E-state index contributed by atoms with van der Waals surface area (Å²) in [4.78, 5) is 17.3. The molecule has 0 aliphatic carbocycles. The Bertz CT molecular complexity index is 451. The van der Waals surface area contributed by atoms with Crippen molar-refractivity contribution in [2.24, 2.45) is 11.7 Å². The molecule has 0 amide bonds. The molecule has 3 N–H and O–H groups in total. The smallest absolute Gasteiger partial charge is 0.326 e. The van der Waals surface area contributed by atoms with Gasteiger partial charge in [-0.05, 0) is 12.3 Å². The van der Waals surface area contributed by atoms with Crippen LogP contribution in [0.25, 0.3) is 0 Å². The third-order valence-electron chi connectivity index (χ3n) is 3.56. The molecular formula is C12H19N3O3S. The van der Waals surface area contributed by atoms with Crippen LogP contribution in [0.4, 0.5) is 5.13 Å². The number of rotatable bonds is 4. The Morgan fingerprint density at radius 1 is 1.74 bits per heavy atom. The third kappa shape index (κ3) is 3.05. The molecule has 0 radical (unpaired) electrons. The maximum atomic E-state index is 10.8. The van der Waals surface area contributed by atoms with Crippen molar-refractivity contribution in [2.45, 2.75) is 25.5 Å². The van der Waals surface area contributed by atoms with Crippen molar-refractivity contribution in [1.82, 2.24) is 4.98 Å². The van der Waals surface area contributed by atoms with Crippen molar-refractivity contribution in [3.05, 3.63) is 11.1 Å². The number of piperidine rings is 1. The summed E-state index contributed by atoms with van der Waals surface area (Å²) in [5, 5.41) is 11.4. The number of hydrogen-bond acceptors (Lipinski definition) is 6. The second kappa shape index (κ2) is 5.85. The summed E-state index contributed by atoms with van der Waals surface area (Å²) in [6, 6.07) is -1.05. The molecule has 0 bridgehead atoms. The lowest BCUT2D eigenvalue weighted by molar-refractivity contribution is -0.138. The van der Waals surface area contributed by atoms with E-state index in [1.54, 1.807) is 12.5 Å². The standard InChI is InChI=1S/C12H19N3O3S/c1-7-3-4-15(5-9(7)18-2)12-14-8(6-19-12)10(13)11(16)17/h6-7,9-10H,3-5,13H2,1-2H3,(H,16,17). The number of hydrogen-bond donors (Lipinski definition) is 2. The van der Waals surface area contributed by atoms with Gasteiger partial charge in [0.25, 0.3) is 0 Å². The number of thiazole rings is 1. The molecule has 0 spiro atoms. The Kier molecular flexibility index (Phi) is 4.38. The first-order valence-corrected chi connectivity index (χ1v) is 7.12. The third-order valence-corrected chi connectivity index (χ3v) is 4.48. The molecule has 106 valence electrons. The van der Waals surface area contributed by atoms with Gasteiger partial charge in [-0.2, -0.15) is 0 Å². The van der Waals surface area contributed by atoms with Crippen LogP contribution in [0.3, 0.4) is 0 Å². The van der Waals surface area contributed by atoms with Crippen molar-refractivity contribution in [2.75, 3.05) is 25.1 Å². The van der Waals surface area contributed by atoms with Gasteiger partial charge in [0.05, 0.1) is 11.8 Å². The van der Waals surface area contributed by atoms with Gasteiger partial charge in [0.2, 0.25) is 0 Å². The van der Waals surface area contributed by atoms with Gasteiger partial charge >= 0.3 is 5.97 Å². The molecule has 1 saturated heterocycles. The second-order valence-electron chi connectivity index (χ2n) is 4.86. The van der Waals surface area contributed by atoms with Crippen molar-refractivity contribution in [1.29, 1.82) is 0 Å². The fourth-order valence-electron chi connectivity index (χ4n) is 2.21. The predicted octanol–water partition coefficient (Wildman–Crippen LogP) is 1.09. The zero-order valence-electron chi connectivity index (χ0n) is 11.1. The quantitative estimate of drug-likeness (QED) is 0.861. The number of nitrogens with zero attached hydrogens (tertiary/aromatic N) is 2. The lowest BCUT2D eigenvalue weighted by Crippen LogP contribution is -2.43. The number of methoxy groups -OCH3 is 1. The lowest BCUT2D eigenvalue weighted by Gasteiger charge is -2.36. The van der Waals surface area contributed by atoms with Gasteiger partial charge in [-0.3, -0.25) is 4.79 Å². The van der Waals surface area contributed by atoms with E-state index in [0.29, 0.717) is 11.6 Å². The average Bonchev–Trinajstić information content (AvgIpc) is 2.87. The molecule has 2 heterocycles. The van der Waals surface area contributed by atoms with E-state index < -0.39 is 12.0 Å². The maximum absolute atomic E-state index is 10.8. The molecule has 1 aromatic heterocycles. The second-order valence-corrected chi connectivity index (χ2v) is 5.69. The Morgan fingerprint density at radius 2 is 2.47 bits per heavy atom. The first-order chi connectivity index (χ1) is 9.02. The molecule has 2 rings (SSSR count). The van der Waals surface area contributed by atoms with Gasteiger partial charge in [0.15, 0.2) is 5.13 Å². The van der Waals surface area contributed by atoms with Crippen molar-refractivity contribution in [3.8, 4) is 0 Å². The van der Waals surface area contributed by atoms with Crippen LogP contribution >= 0.6 is 11.3 Å². The van der Waals surface area contributed by atoms with Crippen molar-refractivity contribution >= 4 is 22.4 Å². The van der Waals surface area contributed by atoms with Crippen LogP contribution in [0.15, 0.2) is 5.38 Å². The summed E-state index contributed by atoms with van der Waals surface area (Å²) in [6.45, 7) is 3.88. The molecule has 0 aromatic carbocycles. The molecule has 19 heavy (non-hydrogen) atoms. The SMILES string of the molecule is COC1CN(c2nc(C(N)C(=O)O)cs2)CCC1C. The van der Waals surface area contributed by atoms with E-state index in [0.717, 1.165) is 24.6 Å². The van der Waals surface area contributed by atoms with Crippen molar-refractivity contribution < 1.29 is 14.6 Å². The fourth-order valence-corrected chi connectivity index (χ4v) is 3.10. The topological polar surface area (TPSA) is 88.7 Å². The summed E-state index contributed by atoms with van der Waals surface area (Å²) in [7, 11) is 1.72. The van der Waals surface area contributed by atoms with E-state index >= 15 is 0 Å². The zero-order valence-corrected chi connectivity index (χ0v) is 11.9. The number of aromatic nitrogens is 1. The number of carboxylic acid groups (broad SMARTS) is 1. The minimum Gasteiger partial charge on any atom is -0.480 e. The Labute approximate surface area is 116 Å². The number of nitrogens with two attached hydrogens (primary N) is 1. The summed E-state index contributed by atoms with van der Waals surface area (Å²) in [5.41, 5.74) is 5.97. The molecule has 1 aliphatic heterocycles. The average molecular weight is 285 g/mol. The molecule has 6 nitrogen and oxygen atoms in total. The molecule has 3 atom stereocenters. The highest BCUT2D eigenvalue weighted by Crippen LogP contribution is 2.28. The molecular weight excluding hydrogens is 266 g/mol. The highest BCUT2D eigenvalue weighted by molar-refractivity contribution is 7.13. The van der Waals surface area contributed by atoms with Gasteiger partial charge in [0, 0.05) is 25.6 Å². The van der Waals surface area contributed by atoms with Crippen LogP contribution in [-0.4, -0.2) is 42.4 Å². The predicted molar refractivity (Wildman–Crippen MR) is 73.5 cm³/mol. The summed E-state index contributed by atoms with van der Waals surface area (Å²) in [6.07, 6.45) is 1.23. The number of carboxylic acids is 1. The van der Waals surface area contributed by atoms with Crippen LogP contribution in [0, 0.1) is 5.92 Å². The summed E-state index contributed by atoms with van der Waals surface area (Å²) >= 11 is 1.43. The normalized spacial score (nSPS) is 25.3. The molecule has 7 heteroatoms. The summed E-state index contributed by atoms with van der Waals surface area (Å²) < 4.78 is 5.46. The number of carbonyl (C=O) groups is 1. The fraction of sp³-hybridized carbons (Fsp3) is 0.667. The molecule has 1 fully saturated rings. The molecule has 3 unspecified atom stereocenters. The Balaban J connectivity index is 2.08. The van der Waals surface area contributed by atoms with Gasteiger partial charge in [-0.1, -0.05) is 6.92 Å². The first kappa shape index (κ1) is 14.2. The molecule has 1 aliphatic rings. The van der Waals surface area contributed by atoms with Crippen LogP contribution in [-0.2, 0) is 9.53 Å². The largest absolute Gasteiger partial charge is 0.480 e. The number of anilines is 1. The van der Waals surface area contributed by atoms with Gasteiger partial charge in [0.1, 0.15) is 6.04 Å². The zero-order chi connectivity index (χ0) is 14.0. The van der Waals surface area contributed by atoms with Gasteiger partial charge in [-0.15, -0.1) is 11.3 Å². The van der Waals surface area contributed by atoms with E-state index in [9.17, 15) is 4.79 Å². The molecule has 1 aromatic rings. The number of ether oxygens (including phenoxy) is 1. The van der Waals surface area contributed by atoms with E-state index in [2.05, 4.69) is 16.8 Å². The lowest BCUT2D eigenvalue weighted by atomic mass is 9.96. The monoisotopic (exact) mass is 285 g/mol. The Hall–Kier alpha value is -1.18. The van der Waals surface area contributed by atoms with Crippen LogP contribution < -0.4 is 10.6 Å². The van der Waals surface area contributed by atoms with Gasteiger partial charge in [-0.25, -0.2) is 4.98 Å². The first-order valence-electron chi connectivity index (χ1n) is 6.24. The summed E-state index contributed by atoms with van der Waals surface area (Å²) in [5.74, 6) is -0.527. The van der Waals surface area contributed by atoms with E-state index in [1.165, 1.54) is 11.3 Å². The van der Waals surface area contributed by atoms with Crippen LogP contribution in [0.2, 0.25) is 0 Å². The molecule has 0 saturated carbocycles. The van der Waals surface area contributed by atoms with Gasteiger partial charge < -0.3 is 20.5 Å². The highest BCUT2D eigenvalue weighted by Gasteiger charge is 2.28. The Morgan fingerprint density at radius 3 is 3.11 bits per heavy atom. The minimum atomic E-state index is -1.06. The number of aliphatic carboxylic acids is 1. The van der Waals surface area contributed by atoms with E-state index in [4.69, 9.17) is 15.6 Å². The van der Waals surface area contributed by atoms with Crippen LogP contribution in [0.5, 0.6) is 0 Å². The van der Waals surface area contributed by atoms with Crippen LogP contribution in [0.1, 0.15) is 25.1 Å². The van der Waals surface area contributed by atoms with E-state index in [1.807, 2.05) is 0 Å². The highest BCUT2D eigenvalue weighted by atomic mass is 32.1.